The molecule has 1 aromatic carbocycles. The van der Waals surface area contributed by atoms with Crippen molar-refractivity contribution < 1.29 is 9.90 Å². The Morgan fingerprint density at radius 2 is 1.80 bits per heavy atom. The fourth-order valence-corrected chi connectivity index (χ4v) is 0.757. The summed E-state index contributed by atoms with van der Waals surface area (Å²) in [5.74, 6) is -0.935. The number of carboxylic acids is 1. The Morgan fingerprint density at radius 1 is 1.33 bits per heavy atom. The minimum Gasteiger partial charge on any atom is -0.478 e. The van der Waals surface area contributed by atoms with E-state index in [1.165, 1.54) is 12.5 Å². The molecule has 0 fully saturated rings. The zero-order valence-electron chi connectivity index (χ0n) is 9.10. The summed E-state index contributed by atoms with van der Waals surface area (Å²) in [5, 5.41) is 7.89. The van der Waals surface area contributed by atoms with Crippen LogP contribution in [0.2, 0.25) is 0 Å². The van der Waals surface area contributed by atoms with Crippen molar-refractivity contribution in [3.05, 3.63) is 54.1 Å². The van der Waals surface area contributed by atoms with Crippen molar-refractivity contribution in [1.29, 1.82) is 0 Å². The molecule has 0 atom stereocenters. The Balaban J connectivity index is 0.000000288. The van der Waals surface area contributed by atoms with E-state index in [0.29, 0.717) is 0 Å². The molecule has 0 aliphatic rings. The lowest BCUT2D eigenvalue weighted by atomic mass is 10.2. The van der Waals surface area contributed by atoms with Crippen molar-refractivity contribution in [2.24, 2.45) is 0 Å². The lowest BCUT2D eigenvalue weighted by molar-refractivity contribution is -0.132. The highest BCUT2D eigenvalue weighted by atomic mass is 16.4. The first-order chi connectivity index (χ1) is 7.07. The lowest BCUT2D eigenvalue weighted by Crippen LogP contribution is -1.92. The van der Waals surface area contributed by atoms with E-state index in [9.17, 15) is 4.79 Å². The minimum absolute atomic E-state index is 0.176. The third kappa shape index (κ3) is 7.26. The van der Waals surface area contributed by atoms with Gasteiger partial charge in [-0.15, -0.1) is 0 Å². The predicted octanol–water partition coefficient (Wildman–Crippen LogP) is 3.37. The maximum Gasteiger partial charge on any atom is 0.330 e. The van der Waals surface area contributed by atoms with Gasteiger partial charge in [0.15, 0.2) is 0 Å². The van der Waals surface area contributed by atoms with E-state index in [-0.39, 0.29) is 5.57 Å². The van der Waals surface area contributed by atoms with Gasteiger partial charge in [0.1, 0.15) is 0 Å². The van der Waals surface area contributed by atoms with Crippen LogP contribution in [0.4, 0.5) is 0 Å². The fourth-order valence-electron chi connectivity index (χ4n) is 0.757. The number of allylic oxidation sites excluding steroid dienone is 1. The average molecular weight is 204 g/mol. The van der Waals surface area contributed by atoms with Crippen LogP contribution >= 0.6 is 0 Å². The van der Waals surface area contributed by atoms with Crippen LogP contribution in [-0.4, -0.2) is 11.1 Å². The van der Waals surface area contributed by atoms with Crippen molar-refractivity contribution in [3.8, 4) is 0 Å². The number of carboxylic acid groups (broad SMARTS) is 1. The lowest BCUT2D eigenvalue weighted by Gasteiger charge is -1.86. The topological polar surface area (TPSA) is 37.3 Å². The maximum atomic E-state index is 9.60. The van der Waals surface area contributed by atoms with Crippen LogP contribution < -0.4 is 0 Å². The van der Waals surface area contributed by atoms with Crippen LogP contribution in [-0.2, 0) is 4.79 Å². The molecule has 0 aliphatic heterocycles. The molecule has 1 rings (SSSR count). The summed E-state index contributed by atoms with van der Waals surface area (Å²) in [6.07, 6.45) is 4.12. The summed E-state index contributed by atoms with van der Waals surface area (Å²) in [7, 11) is 0. The van der Waals surface area contributed by atoms with E-state index in [1.807, 2.05) is 31.2 Å². The molecule has 0 bridgehead atoms. The number of rotatable bonds is 2. The second kappa shape index (κ2) is 7.56. The normalized spacial score (nSPS) is 9.20. The molecule has 0 aliphatic carbocycles. The van der Waals surface area contributed by atoms with Gasteiger partial charge in [0, 0.05) is 5.57 Å². The van der Waals surface area contributed by atoms with Gasteiger partial charge in [0.25, 0.3) is 0 Å². The van der Waals surface area contributed by atoms with Gasteiger partial charge in [0.05, 0.1) is 0 Å². The SMILES string of the molecule is C=C(C)C(=O)O.CC=Cc1ccccc1. The quantitative estimate of drug-likeness (QED) is 0.750. The highest BCUT2D eigenvalue weighted by Gasteiger charge is 1.90. The standard InChI is InChI=1S/C9H10.C4H6O2/c1-2-6-9-7-4-3-5-8-9;1-3(2)4(5)6/h2-8H,1H3;1H2,2H3,(H,5,6). The van der Waals surface area contributed by atoms with Gasteiger partial charge >= 0.3 is 5.97 Å². The Kier molecular flexibility index (Phi) is 6.64. The van der Waals surface area contributed by atoms with Gasteiger partial charge in [-0.3, -0.25) is 0 Å². The van der Waals surface area contributed by atoms with Crippen LogP contribution in [0.5, 0.6) is 0 Å². The van der Waals surface area contributed by atoms with Crippen molar-refractivity contribution in [2.75, 3.05) is 0 Å². The predicted molar refractivity (Wildman–Crippen MR) is 63.6 cm³/mol. The summed E-state index contributed by atoms with van der Waals surface area (Å²) in [6.45, 7) is 6.62. The van der Waals surface area contributed by atoms with Gasteiger partial charge in [-0.05, 0) is 19.4 Å². The van der Waals surface area contributed by atoms with Crippen molar-refractivity contribution in [1.82, 2.24) is 0 Å². The third-order valence-corrected chi connectivity index (χ3v) is 1.52. The average Bonchev–Trinajstić information content (AvgIpc) is 2.20. The fraction of sp³-hybridized carbons (Fsp3) is 0.154. The Bertz CT molecular complexity index is 325. The molecule has 0 saturated heterocycles. The van der Waals surface area contributed by atoms with Crippen molar-refractivity contribution in [3.63, 3.8) is 0 Å². The van der Waals surface area contributed by atoms with Crippen molar-refractivity contribution in [2.45, 2.75) is 13.8 Å². The van der Waals surface area contributed by atoms with Gasteiger partial charge < -0.3 is 5.11 Å². The second-order valence-corrected chi connectivity index (χ2v) is 3.00. The molecule has 0 aromatic heterocycles. The van der Waals surface area contributed by atoms with Crippen LogP contribution in [0.15, 0.2) is 48.6 Å². The molecule has 0 unspecified atom stereocenters. The largest absolute Gasteiger partial charge is 0.478 e. The molecule has 2 nitrogen and oxygen atoms in total. The summed E-state index contributed by atoms with van der Waals surface area (Å²) in [6, 6.07) is 10.3. The Morgan fingerprint density at radius 3 is 2.13 bits per heavy atom. The third-order valence-electron chi connectivity index (χ3n) is 1.52. The molecule has 15 heavy (non-hydrogen) atoms. The van der Waals surface area contributed by atoms with Gasteiger partial charge in [-0.25, -0.2) is 4.79 Å². The number of hydrogen-bond donors (Lipinski definition) is 1. The number of aliphatic carboxylic acids is 1. The molecule has 0 radical (unpaired) electrons. The molecule has 0 saturated carbocycles. The van der Waals surface area contributed by atoms with Crippen LogP contribution in [0.1, 0.15) is 19.4 Å². The zero-order chi connectivity index (χ0) is 11.7. The smallest absolute Gasteiger partial charge is 0.330 e. The summed E-state index contributed by atoms with van der Waals surface area (Å²) >= 11 is 0. The molecule has 0 amide bonds. The Labute approximate surface area is 90.6 Å². The first-order valence-corrected chi connectivity index (χ1v) is 4.64. The van der Waals surface area contributed by atoms with E-state index in [4.69, 9.17) is 5.11 Å². The van der Waals surface area contributed by atoms with E-state index in [1.54, 1.807) is 0 Å². The molecular weight excluding hydrogens is 188 g/mol. The van der Waals surface area contributed by atoms with E-state index < -0.39 is 5.97 Å². The van der Waals surface area contributed by atoms with E-state index >= 15 is 0 Å². The summed E-state index contributed by atoms with van der Waals surface area (Å²) < 4.78 is 0. The number of carbonyl (C=O) groups is 1. The monoisotopic (exact) mass is 204 g/mol. The van der Waals surface area contributed by atoms with E-state index in [0.717, 1.165) is 0 Å². The number of benzene rings is 1. The molecule has 80 valence electrons. The number of hydrogen-bond acceptors (Lipinski definition) is 1. The molecule has 2 heteroatoms. The molecule has 1 aromatic rings. The van der Waals surface area contributed by atoms with Gasteiger partial charge in [0.2, 0.25) is 0 Å². The maximum absolute atomic E-state index is 9.60. The van der Waals surface area contributed by atoms with E-state index in [2.05, 4.69) is 24.8 Å². The van der Waals surface area contributed by atoms with Gasteiger partial charge in [-0.2, -0.15) is 0 Å². The summed E-state index contributed by atoms with van der Waals surface area (Å²) in [5.41, 5.74) is 1.44. The highest BCUT2D eigenvalue weighted by Crippen LogP contribution is 1.99. The molecular formula is C13H16O2. The van der Waals surface area contributed by atoms with Crippen LogP contribution in [0.25, 0.3) is 6.08 Å². The van der Waals surface area contributed by atoms with Crippen molar-refractivity contribution >= 4 is 12.0 Å². The minimum atomic E-state index is -0.935. The van der Waals surface area contributed by atoms with Gasteiger partial charge in [-0.1, -0.05) is 49.1 Å². The molecule has 0 spiro atoms. The Hall–Kier alpha value is -1.83. The second-order valence-electron chi connectivity index (χ2n) is 3.00. The first kappa shape index (κ1) is 13.2. The first-order valence-electron chi connectivity index (χ1n) is 4.64. The zero-order valence-corrected chi connectivity index (χ0v) is 9.10. The van der Waals surface area contributed by atoms with Crippen LogP contribution in [0, 0.1) is 0 Å². The highest BCUT2D eigenvalue weighted by molar-refractivity contribution is 5.84. The molecule has 0 heterocycles. The summed E-state index contributed by atoms with van der Waals surface area (Å²) in [4.78, 5) is 9.60. The molecule has 1 N–H and O–H groups in total. The van der Waals surface area contributed by atoms with Crippen LogP contribution in [0.3, 0.4) is 0 Å².